The van der Waals surface area contributed by atoms with Crippen LogP contribution in [0.15, 0.2) is 108 Å². The molecule has 2 fully saturated rings. The van der Waals surface area contributed by atoms with E-state index in [9.17, 15) is 14.4 Å². The molecule has 0 radical (unpaired) electrons. The molecule has 0 unspecified atom stereocenters. The molecule has 7 rings (SSSR count). The van der Waals surface area contributed by atoms with Crippen LogP contribution in [-0.4, -0.2) is 34.9 Å². The molecule has 3 aliphatic rings. The number of hydrazone groups is 1. The lowest BCUT2D eigenvalue weighted by Gasteiger charge is -2.33. The zero-order valence-electron chi connectivity index (χ0n) is 21.3. The van der Waals surface area contributed by atoms with Crippen molar-refractivity contribution in [2.75, 3.05) is 4.90 Å². The van der Waals surface area contributed by atoms with Gasteiger partial charge in [0.15, 0.2) is 5.78 Å². The molecule has 4 aromatic rings. The molecule has 0 bridgehead atoms. The van der Waals surface area contributed by atoms with Crippen molar-refractivity contribution in [1.29, 1.82) is 0 Å². The SMILES string of the molecule is Cc1ccc(N2C(=O)[C@@H]3[C@@H](C2=O)[C@@H]2c4ccccc4C=NN2[C@@H]3C(=O)c2ccc(-c3ccccc3)cc2)cc1. The van der Waals surface area contributed by atoms with Gasteiger partial charge < -0.3 is 0 Å². The molecule has 2 saturated heterocycles. The summed E-state index contributed by atoms with van der Waals surface area (Å²) in [6.45, 7) is 1.96. The smallest absolute Gasteiger partial charge is 0.240 e. The number of hydrogen-bond donors (Lipinski definition) is 0. The van der Waals surface area contributed by atoms with Gasteiger partial charge in [-0.3, -0.25) is 19.4 Å². The summed E-state index contributed by atoms with van der Waals surface area (Å²) < 4.78 is 0. The Morgan fingerprint density at radius 2 is 1.36 bits per heavy atom. The van der Waals surface area contributed by atoms with Gasteiger partial charge in [0, 0.05) is 5.56 Å². The van der Waals surface area contributed by atoms with Gasteiger partial charge in [-0.25, -0.2) is 4.90 Å². The van der Waals surface area contributed by atoms with Gasteiger partial charge in [0.25, 0.3) is 0 Å². The van der Waals surface area contributed by atoms with E-state index in [-0.39, 0.29) is 17.6 Å². The molecule has 39 heavy (non-hydrogen) atoms. The van der Waals surface area contributed by atoms with Crippen LogP contribution in [0.2, 0.25) is 0 Å². The van der Waals surface area contributed by atoms with Crippen molar-refractivity contribution >= 4 is 29.5 Å². The Kier molecular flexibility index (Phi) is 5.30. The van der Waals surface area contributed by atoms with E-state index in [0.717, 1.165) is 27.8 Å². The van der Waals surface area contributed by atoms with E-state index < -0.39 is 23.9 Å². The Labute approximate surface area is 226 Å². The van der Waals surface area contributed by atoms with E-state index >= 15 is 0 Å². The number of carbonyl (C=O) groups excluding carboxylic acids is 3. The third-order valence-electron chi connectivity index (χ3n) is 8.13. The quantitative estimate of drug-likeness (QED) is 0.271. The molecule has 0 aliphatic carbocycles. The molecule has 0 spiro atoms. The third-order valence-corrected chi connectivity index (χ3v) is 8.13. The highest BCUT2D eigenvalue weighted by molar-refractivity contribution is 6.24. The van der Waals surface area contributed by atoms with Crippen molar-refractivity contribution < 1.29 is 14.4 Å². The minimum atomic E-state index is -0.890. The normalized spacial score (nSPS) is 23.0. The Bertz CT molecular complexity index is 1640. The number of fused-ring (bicyclic) bond motifs is 5. The van der Waals surface area contributed by atoms with Crippen LogP contribution in [0.5, 0.6) is 0 Å². The maximum Gasteiger partial charge on any atom is 0.240 e. The first-order valence-corrected chi connectivity index (χ1v) is 13.1. The summed E-state index contributed by atoms with van der Waals surface area (Å²) in [5.74, 6) is -2.40. The largest absolute Gasteiger partial charge is 0.292 e. The minimum Gasteiger partial charge on any atom is -0.292 e. The van der Waals surface area contributed by atoms with Crippen LogP contribution in [0.4, 0.5) is 5.69 Å². The number of nitrogens with zero attached hydrogens (tertiary/aromatic N) is 3. The minimum absolute atomic E-state index is 0.212. The van der Waals surface area contributed by atoms with E-state index in [1.807, 2.05) is 85.8 Å². The van der Waals surface area contributed by atoms with Crippen molar-refractivity contribution in [3.05, 3.63) is 125 Å². The number of rotatable bonds is 4. The maximum atomic E-state index is 14.1. The van der Waals surface area contributed by atoms with Crippen LogP contribution >= 0.6 is 0 Å². The number of benzene rings is 4. The van der Waals surface area contributed by atoms with Crippen LogP contribution in [0.1, 0.15) is 33.1 Å². The average molecular weight is 512 g/mol. The summed E-state index contributed by atoms with van der Waals surface area (Å²) in [5, 5.41) is 6.35. The first-order chi connectivity index (χ1) is 19.0. The summed E-state index contributed by atoms with van der Waals surface area (Å²) >= 11 is 0. The lowest BCUT2D eigenvalue weighted by atomic mass is 9.83. The van der Waals surface area contributed by atoms with E-state index in [4.69, 9.17) is 0 Å². The van der Waals surface area contributed by atoms with Gasteiger partial charge in [-0.2, -0.15) is 5.10 Å². The number of anilines is 1. The predicted molar refractivity (Wildman–Crippen MR) is 149 cm³/mol. The number of Topliss-reactive ketones (excluding diaryl/α,β-unsaturated/α-hetero) is 1. The van der Waals surface area contributed by atoms with Crippen molar-refractivity contribution in [2.45, 2.75) is 19.0 Å². The molecule has 0 N–H and O–H groups in total. The molecule has 190 valence electrons. The van der Waals surface area contributed by atoms with Gasteiger partial charge in [0.2, 0.25) is 11.8 Å². The van der Waals surface area contributed by atoms with Crippen LogP contribution in [-0.2, 0) is 9.59 Å². The third kappa shape index (κ3) is 3.56. The van der Waals surface area contributed by atoms with Gasteiger partial charge in [0.05, 0.1) is 29.8 Å². The fraction of sp³-hybridized carbons (Fsp3) is 0.152. The van der Waals surface area contributed by atoms with Crippen LogP contribution in [0, 0.1) is 18.8 Å². The average Bonchev–Trinajstić information content (AvgIpc) is 3.46. The molecule has 2 amide bonds. The van der Waals surface area contributed by atoms with Gasteiger partial charge in [-0.1, -0.05) is 96.6 Å². The standard InChI is InChI=1S/C33H25N3O3/c1-20-11-17-25(18-12-20)35-32(38)27-28(33(35)39)30(36-29(27)26-10-6-5-9-24(26)19-34-36)31(37)23-15-13-22(14-16-23)21-7-3-2-4-8-21/h2-19,27-30H,1H3/t27-,28-,29+,30+/m1/s1. The Morgan fingerprint density at radius 3 is 2.10 bits per heavy atom. The number of amides is 2. The molecule has 0 aromatic heterocycles. The van der Waals surface area contributed by atoms with E-state index in [2.05, 4.69) is 5.10 Å². The van der Waals surface area contributed by atoms with E-state index in [0.29, 0.717) is 11.3 Å². The van der Waals surface area contributed by atoms with Crippen LogP contribution < -0.4 is 4.90 Å². The van der Waals surface area contributed by atoms with Crippen molar-refractivity contribution in [3.63, 3.8) is 0 Å². The molecule has 3 aliphatic heterocycles. The van der Waals surface area contributed by atoms with Gasteiger partial charge in [0.1, 0.15) is 6.04 Å². The topological polar surface area (TPSA) is 70.1 Å². The van der Waals surface area contributed by atoms with E-state index in [1.165, 1.54) is 4.90 Å². The van der Waals surface area contributed by atoms with Gasteiger partial charge in [-0.05, 0) is 41.3 Å². The highest BCUT2D eigenvalue weighted by Gasteiger charge is 2.65. The summed E-state index contributed by atoms with van der Waals surface area (Å²) in [5.41, 5.74) is 5.91. The number of hydrogen-bond acceptors (Lipinski definition) is 5. The second-order valence-electron chi connectivity index (χ2n) is 10.3. The maximum absolute atomic E-state index is 14.1. The Hall–Kier alpha value is -4.84. The predicted octanol–water partition coefficient (Wildman–Crippen LogP) is 5.42. The lowest BCUT2D eigenvalue weighted by Crippen LogP contribution is -2.44. The highest BCUT2D eigenvalue weighted by Crippen LogP contribution is 2.53. The number of carbonyl (C=O) groups is 3. The van der Waals surface area contributed by atoms with E-state index in [1.54, 1.807) is 35.5 Å². The molecule has 6 heteroatoms. The Balaban J connectivity index is 1.31. The van der Waals surface area contributed by atoms with Gasteiger partial charge in [-0.15, -0.1) is 0 Å². The van der Waals surface area contributed by atoms with Gasteiger partial charge >= 0.3 is 0 Å². The molecular weight excluding hydrogens is 486 g/mol. The molecule has 3 heterocycles. The summed E-state index contributed by atoms with van der Waals surface area (Å²) in [7, 11) is 0. The molecule has 6 nitrogen and oxygen atoms in total. The molecule has 4 atom stereocenters. The lowest BCUT2D eigenvalue weighted by molar-refractivity contribution is -0.124. The highest BCUT2D eigenvalue weighted by atomic mass is 16.2. The number of imide groups is 1. The summed E-state index contributed by atoms with van der Waals surface area (Å²) in [6, 6.07) is 31.1. The molecular formula is C33H25N3O3. The second kappa shape index (κ2) is 8.88. The van der Waals surface area contributed by atoms with Crippen molar-refractivity contribution in [2.24, 2.45) is 16.9 Å². The molecule has 0 saturated carbocycles. The number of aryl methyl sites for hydroxylation is 1. The van der Waals surface area contributed by atoms with Crippen LogP contribution in [0.3, 0.4) is 0 Å². The Morgan fingerprint density at radius 1 is 0.718 bits per heavy atom. The zero-order valence-corrected chi connectivity index (χ0v) is 21.3. The van der Waals surface area contributed by atoms with Crippen molar-refractivity contribution in [1.82, 2.24) is 5.01 Å². The fourth-order valence-electron chi connectivity index (χ4n) is 6.25. The second-order valence-corrected chi connectivity index (χ2v) is 10.3. The van der Waals surface area contributed by atoms with Crippen LogP contribution in [0.25, 0.3) is 11.1 Å². The number of ketones is 1. The molecule has 4 aromatic carbocycles. The summed E-state index contributed by atoms with van der Waals surface area (Å²) in [6.07, 6.45) is 1.72. The monoisotopic (exact) mass is 511 g/mol. The zero-order chi connectivity index (χ0) is 26.7. The fourth-order valence-corrected chi connectivity index (χ4v) is 6.25. The summed E-state index contributed by atoms with van der Waals surface area (Å²) in [4.78, 5) is 43.4. The first kappa shape index (κ1) is 23.3. The first-order valence-electron chi connectivity index (χ1n) is 13.1. The van der Waals surface area contributed by atoms with Crippen molar-refractivity contribution in [3.8, 4) is 11.1 Å².